The number of halogens is 1. The molecular formula is C15H16BrN. The highest BCUT2D eigenvalue weighted by atomic mass is 79.9. The van der Waals surface area contributed by atoms with Crippen LogP contribution in [0.3, 0.4) is 0 Å². The summed E-state index contributed by atoms with van der Waals surface area (Å²) in [5, 5.41) is 3.19. The van der Waals surface area contributed by atoms with Crippen molar-refractivity contribution in [2.45, 2.75) is 13.5 Å². The zero-order valence-electron chi connectivity index (χ0n) is 10.1. The maximum Gasteiger partial charge on any atom is 0.0253 e. The first kappa shape index (κ1) is 12.3. The van der Waals surface area contributed by atoms with Crippen LogP contribution in [0, 0.1) is 6.92 Å². The predicted molar refractivity (Wildman–Crippen MR) is 77.1 cm³/mol. The summed E-state index contributed by atoms with van der Waals surface area (Å²) < 4.78 is 1.14. The van der Waals surface area contributed by atoms with Crippen LogP contribution in [0.2, 0.25) is 0 Å². The molecule has 2 aromatic carbocycles. The fourth-order valence-electron chi connectivity index (χ4n) is 1.95. The molecule has 0 saturated heterocycles. The molecule has 0 aromatic heterocycles. The summed E-state index contributed by atoms with van der Waals surface area (Å²) in [5.41, 5.74) is 5.16. The van der Waals surface area contributed by atoms with E-state index in [-0.39, 0.29) is 0 Å². The van der Waals surface area contributed by atoms with Gasteiger partial charge in [0.15, 0.2) is 0 Å². The van der Waals surface area contributed by atoms with Crippen LogP contribution in [0.25, 0.3) is 11.1 Å². The molecule has 17 heavy (non-hydrogen) atoms. The maximum atomic E-state index is 3.62. The van der Waals surface area contributed by atoms with Crippen LogP contribution in [-0.4, -0.2) is 7.05 Å². The molecule has 0 radical (unpaired) electrons. The molecule has 1 nitrogen and oxygen atoms in total. The number of rotatable bonds is 3. The van der Waals surface area contributed by atoms with Gasteiger partial charge in [0.25, 0.3) is 0 Å². The first-order valence-corrected chi connectivity index (χ1v) is 6.50. The van der Waals surface area contributed by atoms with Gasteiger partial charge >= 0.3 is 0 Å². The fourth-order valence-corrected chi connectivity index (χ4v) is 2.45. The van der Waals surface area contributed by atoms with Crippen molar-refractivity contribution in [1.29, 1.82) is 0 Å². The molecule has 0 heterocycles. The Hall–Kier alpha value is -1.12. The molecule has 0 aliphatic heterocycles. The zero-order chi connectivity index (χ0) is 12.3. The highest BCUT2D eigenvalue weighted by Gasteiger charge is 2.06. The minimum atomic E-state index is 0.901. The van der Waals surface area contributed by atoms with Crippen molar-refractivity contribution in [2.24, 2.45) is 0 Å². The second-order valence-corrected chi connectivity index (χ2v) is 5.01. The molecule has 88 valence electrons. The van der Waals surface area contributed by atoms with Gasteiger partial charge in [0.05, 0.1) is 0 Å². The largest absolute Gasteiger partial charge is 0.316 e. The van der Waals surface area contributed by atoms with E-state index in [4.69, 9.17) is 0 Å². The van der Waals surface area contributed by atoms with Gasteiger partial charge in [-0.3, -0.25) is 0 Å². The number of aryl methyl sites for hydroxylation is 1. The van der Waals surface area contributed by atoms with E-state index in [9.17, 15) is 0 Å². The summed E-state index contributed by atoms with van der Waals surface area (Å²) in [6.45, 7) is 3.05. The Kier molecular flexibility index (Phi) is 3.97. The first-order valence-electron chi connectivity index (χ1n) is 5.71. The van der Waals surface area contributed by atoms with Crippen molar-refractivity contribution in [3.05, 3.63) is 58.1 Å². The third-order valence-corrected chi connectivity index (χ3v) is 3.54. The van der Waals surface area contributed by atoms with E-state index in [1.807, 2.05) is 13.1 Å². The molecule has 2 aromatic rings. The van der Waals surface area contributed by atoms with E-state index in [1.54, 1.807) is 0 Å². The zero-order valence-corrected chi connectivity index (χ0v) is 11.7. The lowest BCUT2D eigenvalue weighted by Gasteiger charge is -2.10. The van der Waals surface area contributed by atoms with Crippen LogP contribution in [0.5, 0.6) is 0 Å². The number of hydrogen-bond donors (Lipinski definition) is 1. The Balaban J connectivity index is 2.51. The molecule has 0 unspecified atom stereocenters. The summed E-state index contributed by atoms with van der Waals surface area (Å²) in [5.74, 6) is 0. The molecule has 0 fully saturated rings. The van der Waals surface area contributed by atoms with Crippen molar-refractivity contribution in [2.75, 3.05) is 7.05 Å². The number of nitrogens with one attached hydrogen (secondary N) is 1. The Bertz CT molecular complexity index is 520. The third-order valence-electron chi connectivity index (χ3n) is 2.85. The lowest BCUT2D eigenvalue weighted by Crippen LogP contribution is -2.05. The summed E-state index contributed by atoms with van der Waals surface area (Å²) in [4.78, 5) is 0. The van der Waals surface area contributed by atoms with Crippen LogP contribution in [0.4, 0.5) is 0 Å². The van der Waals surface area contributed by atoms with Crippen LogP contribution >= 0.6 is 15.9 Å². The van der Waals surface area contributed by atoms with Gasteiger partial charge in [0, 0.05) is 11.0 Å². The lowest BCUT2D eigenvalue weighted by molar-refractivity contribution is 0.818. The van der Waals surface area contributed by atoms with E-state index in [2.05, 4.69) is 64.6 Å². The maximum absolute atomic E-state index is 3.62. The van der Waals surface area contributed by atoms with Gasteiger partial charge in [-0.15, -0.1) is 0 Å². The Morgan fingerprint density at radius 3 is 2.53 bits per heavy atom. The molecular weight excluding hydrogens is 274 g/mol. The minimum absolute atomic E-state index is 0.901. The molecule has 0 spiro atoms. The smallest absolute Gasteiger partial charge is 0.0253 e. The number of benzene rings is 2. The molecule has 0 saturated carbocycles. The van der Waals surface area contributed by atoms with Crippen molar-refractivity contribution in [3.8, 4) is 11.1 Å². The Morgan fingerprint density at radius 2 is 1.82 bits per heavy atom. The summed E-state index contributed by atoms with van der Waals surface area (Å²) in [6, 6.07) is 15.0. The van der Waals surface area contributed by atoms with Crippen molar-refractivity contribution in [1.82, 2.24) is 5.32 Å². The predicted octanol–water partition coefficient (Wildman–Crippen LogP) is 4.14. The van der Waals surface area contributed by atoms with E-state index < -0.39 is 0 Å². The molecule has 0 bridgehead atoms. The molecule has 0 atom stereocenters. The topological polar surface area (TPSA) is 12.0 Å². The van der Waals surface area contributed by atoms with Gasteiger partial charge in [-0.05, 0) is 48.4 Å². The van der Waals surface area contributed by atoms with Gasteiger partial charge in [-0.1, -0.05) is 46.3 Å². The summed E-state index contributed by atoms with van der Waals surface area (Å²) in [7, 11) is 1.97. The van der Waals surface area contributed by atoms with E-state index >= 15 is 0 Å². The highest BCUT2D eigenvalue weighted by Crippen LogP contribution is 2.30. The fraction of sp³-hybridized carbons (Fsp3) is 0.200. The van der Waals surface area contributed by atoms with Crippen LogP contribution in [-0.2, 0) is 6.54 Å². The summed E-state index contributed by atoms with van der Waals surface area (Å²) >= 11 is 3.62. The minimum Gasteiger partial charge on any atom is -0.316 e. The molecule has 0 amide bonds. The van der Waals surface area contributed by atoms with Crippen LogP contribution in [0.1, 0.15) is 11.1 Å². The standard InChI is InChI=1S/C15H16BrN/c1-11-7-8-12(10-17-2)9-14(11)13-5-3-4-6-15(13)16/h3-9,17H,10H2,1-2H3. The average Bonchev–Trinajstić information content (AvgIpc) is 2.33. The van der Waals surface area contributed by atoms with Gasteiger partial charge in [0.1, 0.15) is 0 Å². The van der Waals surface area contributed by atoms with Crippen LogP contribution in [0.15, 0.2) is 46.9 Å². The normalized spacial score (nSPS) is 10.5. The van der Waals surface area contributed by atoms with E-state index in [1.165, 1.54) is 22.3 Å². The van der Waals surface area contributed by atoms with Gasteiger partial charge in [0.2, 0.25) is 0 Å². The number of hydrogen-bond acceptors (Lipinski definition) is 1. The molecule has 0 aliphatic carbocycles. The molecule has 0 aliphatic rings. The van der Waals surface area contributed by atoms with Crippen molar-refractivity contribution < 1.29 is 0 Å². The summed E-state index contributed by atoms with van der Waals surface area (Å²) in [6.07, 6.45) is 0. The highest BCUT2D eigenvalue weighted by molar-refractivity contribution is 9.10. The van der Waals surface area contributed by atoms with Gasteiger partial charge < -0.3 is 5.32 Å². The van der Waals surface area contributed by atoms with Gasteiger partial charge in [-0.25, -0.2) is 0 Å². The van der Waals surface area contributed by atoms with Crippen molar-refractivity contribution in [3.63, 3.8) is 0 Å². The third kappa shape index (κ3) is 2.76. The average molecular weight is 290 g/mol. The second-order valence-electron chi connectivity index (χ2n) is 4.16. The Morgan fingerprint density at radius 1 is 1.06 bits per heavy atom. The molecule has 1 N–H and O–H groups in total. The Labute approximate surface area is 111 Å². The monoisotopic (exact) mass is 289 g/mol. The van der Waals surface area contributed by atoms with Gasteiger partial charge in [-0.2, -0.15) is 0 Å². The van der Waals surface area contributed by atoms with E-state index in [0.29, 0.717) is 0 Å². The first-order chi connectivity index (χ1) is 8.22. The lowest BCUT2D eigenvalue weighted by atomic mass is 9.98. The van der Waals surface area contributed by atoms with Crippen LogP contribution < -0.4 is 5.32 Å². The van der Waals surface area contributed by atoms with Crippen molar-refractivity contribution >= 4 is 15.9 Å². The SMILES string of the molecule is CNCc1ccc(C)c(-c2ccccc2Br)c1. The second kappa shape index (κ2) is 5.48. The van der Waals surface area contributed by atoms with E-state index in [0.717, 1.165) is 11.0 Å². The molecule has 2 heteroatoms. The quantitative estimate of drug-likeness (QED) is 0.895. The molecule has 2 rings (SSSR count).